The lowest BCUT2D eigenvalue weighted by Gasteiger charge is -2.23. The molecule has 0 amide bonds. The Bertz CT molecular complexity index is 1180. The third-order valence-electron chi connectivity index (χ3n) is 6.32. The van der Waals surface area contributed by atoms with E-state index in [9.17, 15) is 5.11 Å². The number of nitrogens with zero attached hydrogens (tertiary/aromatic N) is 1. The van der Waals surface area contributed by atoms with E-state index < -0.39 is 0 Å². The first-order valence-corrected chi connectivity index (χ1v) is 11.3. The number of phenolic OH excluding ortho intramolecular Hbond substituents is 1. The molecular formula is C29H27NO2. The zero-order valence-corrected chi connectivity index (χ0v) is 18.3. The number of hydrogen-bond acceptors (Lipinski definition) is 3. The van der Waals surface area contributed by atoms with Crippen molar-refractivity contribution in [2.75, 3.05) is 0 Å². The lowest BCUT2D eigenvalue weighted by molar-refractivity contribution is 0.472. The number of hydrogen-bond donors (Lipinski definition) is 1. The van der Waals surface area contributed by atoms with Gasteiger partial charge in [-0.05, 0) is 61.8 Å². The summed E-state index contributed by atoms with van der Waals surface area (Å²) in [6.45, 7) is 2.10. The topological polar surface area (TPSA) is 46.3 Å². The number of phenols is 1. The molecule has 1 aromatic heterocycles. The van der Waals surface area contributed by atoms with E-state index in [1.165, 1.54) is 16.7 Å². The molecule has 1 aliphatic carbocycles. The van der Waals surface area contributed by atoms with Crippen molar-refractivity contribution in [2.24, 2.45) is 5.92 Å². The van der Waals surface area contributed by atoms with E-state index in [0.717, 1.165) is 48.3 Å². The minimum absolute atomic E-state index is 0.315. The van der Waals surface area contributed by atoms with Gasteiger partial charge in [0, 0.05) is 16.7 Å². The summed E-state index contributed by atoms with van der Waals surface area (Å²) in [6, 6.07) is 26.1. The van der Waals surface area contributed by atoms with Gasteiger partial charge in [-0.2, -0.15) is 0 Å². The average molecular weight is 422 g/mol. The molecule has 0 bridgehead atoms. The van der Waals surface area contributed by atoms with Crippen LogP contribution in [-0.4, -0.2) is 10.1 Å². The predicted octanol–water partition coefficient (Wildman–Crippen LogP) is 7.45. The Labute approximate surface area is 189 Å². The summed E-state index contributed by atoms with van der Waals surface area (Å²) in [4.78, 5) is 5.03. The number of allylic oxidation sites excluding steroid dienone is 2. The van der Waals surface area contributed by atoms with Crippen molar-refractivity contribution in [1.82, 2.24) is 4.98 Å². The van der Waals surface area contributed by atoms with Gasteiger partial charge in [0.2, 0.25) is 5.89 Å². The molecular weight excluding hydrogens is 394 g/mol. The highest BCUT2D eigenvalue weighted by Gasteiger charge is 2.26. The summed E-state index contributed by atoms with van der Waals surface area (Å²) in [5, 5.41) is 10.00. The summed E-state index contributed by atoms with van der Waals surface area (Å²) in [5.74, 6) is 2.16. The molecule has 0 spiro atoms. The molecule has 1 unspecified atom stereocenters. The van der Waals surface area contributed by atoms with Crippen LogP contribution in [0.4, 0.5) is 0 Å². The minimum Gasteiger partial charge on any atom is -0.508 e. The molecule has 0 fully saturated rings. The van der Waals surface area contributed by atoms with Gasteiger partial charge in [0.05, 0.1) is 0 Å². The van der Waals surface area contributed by atoms with E-state index in [4.69, 9.17) is 9.40 Å². The summed E-state index contributed by atoms with van der Waals surface area (Å²) >= 11 is 0. The van der Waals surface area contributed by atoms with Crippen molar-refractivity contribution < 1.29 is 9.52 Å². The Morgan fingerprint density at radius 1 is 0.938 bits per heavy atom. The highest BCUT2D eigenvalue weighted by molar-refractivity contribution is 5.79. The van der Waals surface area contributed by atoms with E-state index in [-0.39, 0.29) is 0 Å². The summed E-state index contributed by atoms with van der Waals surface area (Å²) < 4.78 is 6.49. The van der Waals surface area contributed by atoms with Crippen LogP contribution in [0, 0.1) is 12.8 Å². The third-order valence-corrected chi connectivity index (χ3v) is 6.32. The minimum atomic E-state index is 0.315. The van der Waals surface area contributed by atoms with Crippen molar-refractivity contribution >= 4 is 5.57 Å². The largest absolute Gasteiger partial charge is 0.508 e. The molecule has 3 heteroatoms. The van der Waals surface area contributed by atoms with Gasteiger partial charge in [-0.25, -0.2) is 4.98 Å². The van der Waals surface area contributed by atoms with Gasteiger partial charge < -0.3 is 9.52 Å². The highest BCUT2D eigenvalue weighted by Crippen LogP contribution is 2.40. The quantitative estimate of drug-likeness (QED) is 0.364. The molecule has 3 nitrogen and oxygen atoms in total. The van der Waals surface area contributed by atoms with Crippen LogP contribution >= 0.6 is 0 Å². The fourth-order valence-corrected chi connectivity index (χ4v) is 4.58. The first kappa shape index (κ1) is 20.3. The molecule has 1 aliphatic rings. The molecule has 160 valence electrons. The third kappa shape index (κ3) is 4.11. The van der Waals surface area contributed by atoms with Gasteiger partial charge in [-0.3, -0.25) is 0 Å². The van der Waals surface area contributed by atoms with Gasteiger partial charge in [-0.1, -0.05) is 72.8 Å². The first-order valence-electron chi connectivity index (χ1n) is 11.3. The fraction of sp³-hybridized carbons (Fsp3) is 0.207. The van der Waals surface area contributed by atoms with Crippen molar-refractivity contribution in [2.45, 2.75) is 32.6 Å². The van der Waals surface area contributed by atoms with Gasteiger partial charge in [0.15, 0.2) is 5.76 Å². The van der Waals surface area contributed by atoms with E-state index in [1.54, 1.807) is 6.07 Å². The Morgan fingerprint density at radius 3 is 2.41 bits per heavy atom. The monoisotopic (exact) mass is 421 g/mol. The Balaban J connectivity index is 1.56. The van der Waals surface area contributed by atoms with Crippen LogP contribution in [0.25, 0.3) is 28.2 Å². The van der Waals surface area contributed by atoms with Gasteiger partial charge in [0.25, 0.3) is 0 Å². The first-order chi connectivity index (χ1) is 15.7. The molecule has 4 aromatic rings. The standard InChI is InChI=1S/C29H27NO2/c1-20-16-17-25(31)19-24(20)18-23-14-8-9-15-26(23)29-30-27(21-10-4-2-5-11-21)28(32-29)22-12-6-3-7-13-22/h2-7,10-13,15-17,19,23,31H,8-9,14,18H2,1H3. The SMILES string of the molecule is Cc1ccc(O)cc1CC1CCCC=C1c1nc(-c2ccccc2)c(-c2ccccc2)o1. The van der Waals surface area contributed by atoms with E-state index in [2.05, 4.69) is 37.3 Å². The lowest BCUT2D eigenvalue weighted by Crippen LogP contribution is -2.12. The summed E-state index contributed by atoms with van der Waals surface area (Å²) in [6.07, 6.45) is 6.44. The van der Waals surface area contributed by atoms with E-state index >= 15 is 0 Å². The second-order valence-corrected chi connectivity index (χ2v) is 8.53. The molecule has 1 atom stereocenters. The predicted molar refractivity (Wildman–Crippen MR) is 129 cm³/mol. The maximum Gasteiger partial charge on any atom is 0.223 e. The Morgan fingerprint density at radius 2 is 1.66 bits per heavy atom. The zero-order valence-electron chi connectivity index (χ0n) is 18.3. The van der Waals surface area contributed by atoms with Crippen LogP contribution in [0.3, 0.4) is 0 Å². The second kappa shape index (κ2) is 8.88. The molecule has 0 saturated carbocycles. The van der Waals surface area contributed by atoms with Gasteiger partial charge >= 0.3 is 0 Å². The van der Waals surface area contributed by atoms with Crippen molar-refractivity contribution in [1.29, 1.82) is 0 Å². The Hall–Kier alpha value is -3.59. The molecule has 0 saturated heterocycles. The van der Waals surface area contributed by atoms with Crippen LogP contribution in [0.2, 0.25) is 0 Å². The molecule has 0 radical (unpaired) electrons. The molecule has 5 rings (SSSR count). The van der Waals surface area contributed by atoms with Crippen LogP contribution in [0.15, 0.2) is 89.4 Å². The van der Waals surface area contributed by atoms with Gasteiger partial charge in [0.1, 0.15) is 11.4 Å². The van der Waals surface area contributed by atoms with Crippen LogP contribution < -0.4 is 0 Å². The number of oxazole rings is 1. The normalized spacial score (nSPS) is 16.0. The fourth-order valence-electron chi connectivity index (χ4n) is 4.58. The Kier molecular flexibility index (Phi) is 5.64. The second-order valence-electron chi connectivity index (χ2n) is 8.53. The molecule has 1 N–H and O–H groups in total. The zero-order chi connectivity index (χ0) is 21.9. The molecule has 1 heterocycles. The number of aromatic nitrogens is 1. The smallest absolute Gasteiger partial charge is 0.223 e. The highest BCUT2D eigenvalue weighted by atomic mass is 16.4. The van der Waals surface area contributed by atoms with Gasteiger partial charge in [-0.15, -0.1) is 0 Å². The maximum absolute atomic E-state index is 10.00. The van der Waals surface area contributed by atoms with E-state index in [1.807, 2.05) is 48.5 Å². The number of aryl methyl sites for hydroxylation is 1. The number of rotatable bonds is 5. The van der Waals surface area contributed by atoms with E-state index in [0.29, 0.717) is 17.6 Å². The number of benzene rings is 3. The summed E-state index contributed by atoms with van der Waals surface area (Å²) in [5.41, 5.74) is 6.53. The molecule has 3 aromatic carbocycles. The molecule has 32 heavy (non-hydrogen) atoms. The van der Waals surface area contributed by atoms with Crippen molar-refractivity contribution in [3.63, 3.8) is 0 Å². The van der Waals surface area contributed by atoms with Crippen LogP contribution in [-0.2, 0) is 6.42 Å². The van der Waals surface area contributed by atoms with Crippen LogP contribution in [0.1, 0.15) is 36.3 Å². The lowest BCUT2D eigenvalue weighted by atomic mass is 9.82. The summed E-state index contributed by atoms with van der Waals surface area (Å²) in [7, 11) is 0. The number of aromatic hydroxyl groups is 1. The van der Waals surface area contributed by atoms with Crippen LogP contribution in [0.5, 0.6) is 5.75 Å². The van der Waals surface area contributed by atoms with Crippen molar-refractivity contribution in [3.05, 3.63) is 102 Å². The maximum atomic E-state index is 10.00. The molecule has 0 aliphatic heterocycles. The van der Waals surface area contributed by atoms with Crippen molar-refractivity contribution in [3.8, 4) is 28.3 Å². The average Bonchev–Trinajstić information content (AvgIpc) is 3.28.